The third-order valence-corrected chi connectivity index (χ3v) is 6.04. The Labute approximate surface area is 198 Å². The average molecular weight is 469 g/mol. The lowest BCUT2D eigenvalue weighted by Gasteiger charge is -2.31. The normalized spacial score (nSPS) is 18.0. The van der Waals surface area contributed by atoms with E-state index in [1.165, 1.54) is 11.0 Å². The number of benzene rings is 3. The molecule has 1 aliphatic rings. The monoisotopic (exact) mass is 468 g/mol. The minimum absolute atomic E-state index is 0.159. The number of halogens is 2. The Morgan fingerprint density at radius 2 is 1.67 bits per heavy atom. The van der Waals surface area contributed by atoms with Crippen LogP contribution in [0.15, 0.2) is 78.9 Å². The summed E-state index contributed by atoms with van der Waals surface area (Å²) in [6.07, 6.45) is -1.26. The van der Waals surface area contributed by atoms with Crippen LogP contribution in [0.4, 0.5) is 9.18 Å². The highest BCUT2D eigenvalue weighted by Crippen LogP contribution is 2.24. The van der Waals surface area contributed by atoms with Crippen molar-refractivity contribution in [3.05, 3.63) is 106 Å². The first kappa shape index (κ1) is 23.2. The zero-order valence-electron chi connectivity index (χ0n) is 18.1. The van der Waals surface area contributed by atoms with Crippen LogP contribution in [-0.4, -0.2) is 46.2 Å². The fraction of sp³-hybridized carbons (Fsp3) is 0.269. The van der Waals surface area contributed by atoms with Gasteiger partial charge in [-0.2, -0.15) is 0 Å². The average Bonchev–Trinajstić information content (AvgIpc) is 3.21. The Kier molecular flexibility index (Phi) is 7.60. The number of ether oxygens (including phenoxy) is 1. The van der Waals surface area contributed by atoms with Gasteiger partial charge in [0.05, 0.1) is 18.7 Å². The first-order chi connectivity index (χ1) is 16.0. The molecule has 1 N–H and O–H groups in total. The number of carbonyl (C=O) groups is 1. The molecule has 0 unspecified atom stereocenters. The van der Waals surface area contributed by atoms with E-state index in [4.69, 9.17) is 16.3 Å². The molecule has 1 saturated heterocycles. The second kappa shape index (κ2) is 10.8. The molecule has 1 fully saturated rings. The van der Waals surface area contributed by atoms with Crippen molar-refractivity contribution in [2.45, 2.75) is 31.8 Å². The van der Waals surface area contributed by atoms with E-state index in [2.05, 4.69) is 0 Å². The first-order valence-electron chi connectivity index (χ1n) is 10.8. The van der Waals surface area contributed by atoms with Crippen LogP contribution in [0, 0.1) is 5.82 Å². The molecule has 3 aromatic rings. The van der Waals surface area contributed by atoms with Crippen molar-refractivity contribution in [3.8, 4) is 0 Å². The van der Waals surface area contributed by atoms with E-state index in [1.807, 2.05) is 65.6 Å². The molecule has 3 aromatic carbocycles. The Hall–Kier alpha value is -2.93. The fourth-order valence-electron chi connectivity index (χ4n) is 4.07. The summed E-state index contributed by atoms with van der Waals surface area (Å²) < 4.78 is 20.0. The van der Waals surface area contributed by atoms with Crippen molar-refractivity contribution < 1.29 is 19.0 Å². The summed E-state index contributed by atoms with van der Waals surface area (Å²) in [5.41, 5.74) is 2.41. The van der Waals surface area contributed by atoms with E-state index < -0.39 is 18.0 Å². The van der Waals surface area contributed by atoms with Gasteiger partial charge in [-0.05, 0) is 23.3 Å². The molecular formula is C26H26ClFN2O3. The number of likely N-dealkylation sites (tertiary alicyclic amines) is 1. The zero-order chi connectivity index (χ0) is 23.2. The molecule has 4 rings (SSSR count). The highest BCUT2D eigenvalue weighted by molar-refractivity contribution is 6.30. The number of hydrogen-bond donors (Lipinski definition) is 1. The van der Waals surface area contributed by atoms with Crippen molar-refractivity contribution in [2.24, 2.45) is 0 Å². The predicted octanol–water partition coefficient (Wildman–Crippen LogP) is 4.86. The van der Waals surface area contributed by atoms with Crippen molar-refractivity contribution in [3.63, 3.8) is 0 Å². The van der Waals surface area contributed by atoms with Gasteiger partial charge in [0, 0.05) is 30.2 Å². The molecule has 0 bridgehead atoms. The number of β-amino-alcohol motifs (C(OH)–C–C–N with tert-alkyl or cyclic N) is 1. The smallest absolute Gasteiger partial charge is 0.410 e. The van der Waals surface area contributed by atoms with Crippen molar-refractivity contribution in [1.29, 1.82) is 0 Å². The van der Waals surface area contributed by atoms with Crippen LogP contribution >= 0.6 is 11.6 Å². The SMILES string of the molecule is O=C(OCc1ccccc1)N1C[C@@H](O)[C@H](N(Cc2ccccc2)Cc2ccc(Cl)cc2F)C1. The van der Waals surface area contributed by atoms with Gasteiger partial charge in [0.1, 0.15) is 12.4 Å². The largest absolute Gasteiger partial charge is 0.445 e. The second-order valence-corrected chi connectivity index (χ2v) is 8.64. The van der Waals surface area contributed by atoms with Gasteiger partial charge in [-0.1, -0.05) is 78.3 Å². The fourth-order valence-corrected chi connectivity index (χ4v) is 4.22. The van der Waals surface area contributed by atoms with Gasteiger partial charge in [0.15, 0.2) is 0 Å². The summed E-state index contributed by atoms with van der Waals surface area (Å²) in [5, 5.41) is 11.2. The van der Waals surface area contributed by atoms with Gasteiger partial charge < -0.3 is 14.7 Å². The third kappa shape index (κ3) is 6.11. The van der Waals surface area contributed by atoms with Gasteiger partial charge in [0.25, 0.3) is 0 Å². The first-order valence-corrected chi connectivity index (χ1v) is 11.2. The highest BCUT2D eigenvalue weighted by atomic mass is 35.5. The molecule has 5 nitrogen and oxygen atoms in total. The summed E-state index contributed by atoms with van der Waals surface area (Å²) in [6.45, 7) is 1.38. The Balaban J connectivity index is 1.47. The topological polar surface area (TPSA) is 53.0 Å². The predicted molar refractivity (Wildman–Crippen MR) is 125 cm³/mol. The summed E-state index contributed by atoms with van der Waals surface area (Å²) >= 11 is 5.91. The molecule has 0 saturated carbocycles. The number of amides is 1. The van der Waals surface area contributed by atoms with Gasteiger partial charge in [0.2, 0.25) is 0 Å². The number of aliphatic hydroxyl groups is 1. The lowest BCUT2D eigenvalue weighted by Crippen LogP contribution is -2.42. The molecule has 33 heavy (non-hydrogen) atoms. The van der Waals surface area contributed by atoms with E-state index in [0.717, 1.165) is 11.1 Å². The van der Waals surface area contributed by atoms with Crippen LogP contribution in [0.25, 0.3) is 0 Å². The summed E-state index contributed by atoms with van der Waals surface area (Å²) in [7, 11) is 0. The van der Waals surface area contributed by atoms with Gasteiger partial charge in [-0.3, -0.25) is 4.90 Å². The molecule has 1 aliphatic heterocycles. The van der Waals surface area contributed by atoms with Gasteiger partial charge in [-0.15, -0.1) is 0 Å². The Morgan fingerprint density at radius 1 is 1.00 bits per heavy atom. The summed E-state index contributed by atoms with van der Waals surface area (Å²) in [5.74, 6) is -0.396. The van der Waals surface area contributed by atoms with Crippen LogP contribution in [0.5, 0.6) is 0 Å². The maximum absolute atomic E-state index is 14.5. The Bertz CT molecular complexity index is 1070. The molecule has 0 aliphatic carbocycles. The molecule has 0 aromatic heterocycles. The van der Waals surface area contributed by atoms with E-state index >= 15 is 0 Å². The maximum atomic E-state index is 14.5. The Morgan fingerprint density at radius 3 is 2.33 bits per heavy atom. The van der Waals surface area contributed by atoms with Crippen molar-refractivity contribution >= 4 is 17.7 Å². The van der Waals surface area contributed by atoms with Crippen LogP contribution in [0.2, 0.25) is 5.02 Å². The number of nitrogens with zero attached hydrogens (tertiary/aromatic N) is 2. The van der Waals surface area contributed by atoms with Crippen molar-refractivity contribution in [1.82, 2.24) is 9.80 Å². The van der Waals surface area contributed by atoms with E-state index in [9.17, 15) is 14.3 Å². The minimum atomic E-state index is -0.784. The van der Waals surface area contributed by atoms with E-state index in [1.54, 1.807) is 12.1 Å². The van der Waals surface area contributed by atoms with Gasteiger partial charge in [-0.25, -0.2) is 9.18 Å². The third-order valence-electron chi connectivity index (χ3n) is 5.81. The van der Waals surface area contributed by atoms with E-state index in [-0.39, 0.29) is 32.3 Å². The summed E-state index contributed by atoms with van der Waals surface area (Å²) in [6, 6.07) is 23.4. The molecule has 0 radical (unpaired) electrons. The lowest BCUT2D eigenvalue weighted by molar-refractivity contribution is 0.0721. The van der Waals surface area contributed by atoms with E-state index in [0.29, 0.717) is 17.1 Å². The minimum Gasteiger partial charge on any atom is -0.445 e. The summed E-state index contributed by atoms with van der Waals surface area (Å²) in [4.78, 5) is 16.1. The quantitative estimate of drug-likeness (QED) is 0.538. The van der Waals surface area contributed by atoms with Crippen LogP contribution in [0.3, 0.4) is 0 Å². The standard InChI is InChI=1S/C26H26ClFN2O3/c27-22-12-11-21(23(28)13-22)15-29(14-19-7-3-1-4-8-19)24-16-30(17-25(24)31)26(32)33-18-20-9-5-2-6-10-20/h1-13,24-25,31H,14-18H2/t24-,25-/m1/s1. The molecule has 2 atom stereocenters. The number of hydrogen-bond acceptors (Lipinski definition) is 4. The number of aliphatic hydroxyl groups excluding tert-OH is 1. The maximum Gasteiger partial charge on any atom is 0.410 e. The van der Waals surface area contributed by atoms with Crippen LogP contribution in [0.1, 0.15) is 16.7 Å². The van der Waals surface area contributed by atoms with Gasteiger partial charge >= 0.3 is 6.09 Å². The molecule has 7 heteroatoms. The molecular weight excluding hydrogens is 443 g/mol. The number of carbonyl (C=O) groups excluding carboxylic acids is 1. The molecule has 1 heterocycles. The second-order valence-electron chi connectivity index (χ2n) is 8.21. The highest BCUT2D eigenvalue weighted by Gasteiger charge is 2.38. The van der Waals surface area contributed by atoms with Crippen LogP contribution in [-0.2, 0) is 24.4 Å². The molecule has 1 amide bonds. The van der Waals surface area contributed by atoms with Crippen LogP contribution < -0.4 is 0 Å². The lowest BCUT2D eigenvalue weighted by atomic mass is 10.1. The molecule has 172 valence electrons. The molecule has 0 spiro atoms. The zero-order valence-corrected chi connectivity index (χ0v) is 18.9. The number of rotatable bonds is 7. The van der Waals surface area contributed by atoms with Crippen molar-refractivity contribution in [2.75, 3.05) is 13.1 Å².